The normalized spacial score (nSPS) is 16.0. The van der Waals surface area contributed by atoms with Crippen molar-refractivity contribution in [3.63, 3.8) is 0 Å². The largest absolute Gasteiger partial charge is 0.444 e. The lowest BCUT2D eigenvalue weighted by Crippen LogP contribution is -2.50. The highest BCUT2D eigenvalue weighted by Gasteiger charge is 2.36. The van der Waals surface area contributed by atoms with Crippen molar-refractivity contribution in [1.29, 1.82) is 0 Å². The monoisotopic (exact) mass is 1010 g/mol. The predicted molar refractivity (Wildman–Crippen MR) is 255 cm³/mol. The van der Waals surface area contributed by atoms with Crippen LogP contribution >= 0.6 is 46.7 Å². The summed E-state index contributed by atoms with van der Waals surface area (Å²) in [7, 11) is 0. The maximum Gasteiger partial charge on any atom is 0.408 e. The molecule has 2 atom stereocenters. The van der Waals surface area contributed by atoms with Crippen LogP contribution in [0.4, 0.5) is 35.8 Å². The Morgan fingerprint density at radius 2 is 1.18 bits per heavy atom. The highest BCUT2D eigenvalue weighted by Crippen LogP contribution is 2.41. The number of carbonyl (C=O) groups excluding carboxylic acids is 5. The first kappa shape index (κ1) is 51.3. The zero-order valence-corrected chi connectivity index (χ0v) is 40.6. The molecule has 68 heavy (non-hydrogen) atoms. The van der Waals surface area contributed by atoms with Gasteiger partial charge in [-0.1, -0.05) is 52.6 Å². The van der Waals surface area contributed by atoms with Crippen LogP contribution < -0.4 is 37.4 Å². The van der Waals surface area contributed by atoms with Crippen molar-refractivity contribution >= 4 is 94.0 Å². The number of carbonyl (C=O) groups is 5. The molecule has 5 amide bonds. The highest BCUT2D eigenvalue weighted by molar-refractivity contribution is 7.99. The van der Waals surface area contributed by atoms with Gasteiger partial charge in [0.05, 0.1) is 35.6 Å². The van der Waals surface area contributed by atoms with E-state index in [1.165, 1.54) is 57.6 Å². The number of alkyl carbamates (subject to hydrolysis) is 2. The van der Waals surface area contributed by atoms with Crippen LogP contribution in [0.1, 0.15) is 63.0 Å². The number of ether oxygens (including phenoxy) is 2. The third-order valence-corrected chi connectivity index (χ3v) is 12.3. The van der Waals surface area contributed by atoms with E-state index >= 15 is 4.39 Å². The van der Waals surface area contributed by atoms with Crippen LogP contribution in [0.3, 0.4) is 0 Å². The van der Waals surface area contributed by atoms with Gasteiger partial charge in [0.15, 0.2) is 0 Å². The summed E-state index contributed by atoms with van der Waals surface area (Å²) >= 11 is 14.4. The highest BCUT2D eigenvalue weighted by atomic mass is 35.5. The van der Waals surface area contributed by atoms with Gasteiger partial charge in [-0.3, -0.25) is 19.8 Å². The second kappa shape index (κ2) is 21.4. The summed E-state index contributed by atoms with van der Waals surface area (Å²) in [6, 6.07) is 17.0. The number of benzene rings is 4. The fourth-order valence-corrected chi connectivity index (χ4v) is 8.98. The smallest absolute Gasteiger partial charge is 0.408 e. The molecule has 0 fully saturated rings. The Bertz CT molecular complexity index is 2700. The molecular formula is C45H47Cl2F2N9O8S2. The first-order valence-corrected chi connectivity index (χ1v) is 23.3. The fraction of sp³-hybridized carbons (Fsp3) is 0.311. The van der Waals surface area contributed by atoms with Crippen LogP contribution in [-0.2, 0) is 32.2 Å². The number of anilines is 3. The van der Waals surface area contributed by atoms with Gasteiger partial charge in [-0.2, -0.15) is 0 Å². The number of hydrogen-bond acceptors (Lipinski definition) is 14. The molecule has 0 spiro atoms. The van der Waals surface area contributed by atoms with E-state index < -0.39 is 58.9 Å². The summed E-state index contributed by atoms with van der Waals surface area (Å²) < 4.78 is 45.4. The summed E-state index contributed by atoms with van der Waals surface area (Å²) in [6.07, 6.45) is -1.46. The molecular weight excluding hydrogens is 968 g/mol. The summed E-state index contributed by atoms with van der Waals surface area (Å²) in [5, 5.41) is 13.7. The fourth-order valence-electron chi connectivity index (χ4n) is 6.58. The zero-order valence-electron chi connectivity index (χ0n) is 37.4. The van der Waals surface area contributed by atoms with Gasteiger partial charge < -0.3 is 40.1 Å². The molecule has 7 N–H and O–H groups in total. The third-order valence-electron chi connectivity index (χ3n) is 9.55. The van der Waals surface area contributed by atoms with E-state index in [1.807, 2.05) is 5.43 Å². The van der Waals surface area contributed by atoms with Crippen LogP contribution in [-0.4, -0.2) is 74.9 Å². The van der Waals surface area contributed by atoms with Crippen LogP contribution in [0.15, 0.2) is 87.0 Å². The Morgan fingerprint density at radius 1 is 0.735 bits per heavy atom. The molecule has 17 nitrogen and oxygen atoms in total. The van der Waals surface area contributed by atoms with Gasteiger partial charge in [-0.15, -0.1) is 28.6 Å². The summed E-state index contributed by atoms with van der Waals surface area (Å²) in [5.41, 5.74) is 7.91. The van der Waals surface area contributed by atoms with Crippen LogP contribution in [0, 0.1) is 11.6 Å². The average Bonchev–Trinajstić information content (AvgIpc) is 3.60. The van der Waals surface area contributed by atoms with E-state index in [9.17, 15) is 28.4 Å². The molecule has 0 bridgehead atoms. The molecule has 2 aliphatic heterocycles. The Labute approximate surface area is 408 Å². The van der Waals surface area contributed by atoms with E-state index in [0.717, 1.165) is 11.1 Å². The van der Waals surface area contributed by atoms with Crippen LogP contribution in [0.25, 0.3) is 11.5 Å². The molecule has 2 aliphatic rings. The standard InChI is InChI=1S/C23H23ClFN5O4S.C22H24ClFN4O4S/c1-23(2,3)34-22(32)27-16-11-35-18-9-15(25)14(19-28-29-21(26)33-19)8-17(18)30(20(16)31)10-12-4-6-13(24)7-5-12;1-22(2,3)32-21(31)26-16-11-33-18-9-15(24)14(19(29)27-25)8-17(18)28(20(16)30)10-12-4-6-13(23)7-5-12/h4-9,16H,10-11H2,1-3H3,(H2,26,29)(H,27,32);4-9,16H,10-11,25H2,1-3H3,(H,26,31)(H,27,29)/t2*16-/m00/s1. The van der Waals surface area contributed by atoms with Crippen molar-refractivity contribution in [3.05, 3.63) is 111 Å². The van der Waals surface area contributed by atoms with Crippen LogP contribution in [0.2, 0.25) is 10.0 Å². The SMILES string of the molecule is CC(C)(C)OC(=O)N[C@H]1CSc2cc(F)c(-c3nnc(N)o3)cc2N(Cc2ccc(Cl)cc2)C1=O.CC(C)(C)OC(=O)N[C@H]1CSc2cc(F)c(C(=O)NN)cc2N(Cc2ccc(Cl)cc2)C1=O. The minimum Gasteiger partial charge on any atom is -0.444 e. The van der Waals surface area contributed by atoms with Gasteiger partial charge in [-0.25, -0.2) is 24.2 Å². The van der Waals surface area contributed by atoms with E-state index in [-0.39, 0.29) is 53.5 Å². The number of nitrogen functional groups attached to an aromatic ring is 2. The maximum atomic E-state index is 15.0. The predicted octanol–water partition coefficient (Wildman–Crippen LogP) is 8.26. The van der Waals surface area contributed by atoms with Gasteiger partial charge in [0, 0.05) is 31.3 Å². The second-order valence-corrected chi connectivity index (χ2v) is 20.1. The van der Waals surface area contributed by atoms with Crippen molar-refractivity contribution in [2.75, 3.05) is 27.0 Å². The molecule has 0 saturated heterocycles. The number of halogens is 4. The van der Waals surface area contributed by atoms with Gasteiger partial charge in [0.25, 0.3) is 23.6 Å². The van der Waals surface area contributed by atoms with Gasteiger partial charge in [0.1, 0.15) is 34.9 Å². The number of thioether (sulfide) groups is 2. The Hall–Kier alpha value is -6.13. The molecule has 1 aromatic heterocycles. The quantitative estimate of drug-likeness (QED) is 0.0559. The van der Waals surface area contributed by atoms with Crippen molar-refractivity contribution in [3.8, 4) is 11.5 Å². The maximum absolute atomic E-state index is 15.0. The molecule has 0 saturated carbocycles. The number of fused-ring (bicyclic) bond motifs is 2. The molecule has 7 rings (SSSR count). The molecule has 0 radical (unpaired) electrons. The van der Waals surface area contributed by atoms with E-state index in [4.69, 9.17) is 48.7 Å². The third kappa shape index (κ3) is 13.3. The lowest BCUT2D eigenvalue weighted by molar-refractivity contribution is -0.120. The van der Waals surface area contributed by atoms with Crippen LogP contribution in [0.5, 0.6) is 0 Å². The number of aromatic nitrogens is 2. The average molecular weight is 1010 g/mol. The van der Waals surface area contributed by atoms with E-state index in [1.54, 1.807) is 90.1 Å². The second-order valence-electron chi connectivity index (χ2n) is 17.1. The molecule has 23 heteroatoms. The van der Waals surface area contributed by atoms with Crippen molar-refractivity contribution < 1.29 is 46.6 Å². The summed E-state index contributed by atoms with van der Waals surface area (Å²) in [5.74, 6) is 2.34. The number of hydrazine groups is 1. The lowest BCUT2D eigenvalue weighted by Gasteiger charge is -2.27. The molecule has 0 unspecified atom stereocenters. The first-order valence-electron chi connectivity index (χ1n) is 20.6. The number of rotatable bonds is 8. The number of nitrogens with two attached hydrogens (primary N) is 2. The Balaban J connectivity index is 0.000000224. The van der Waals surface area contributed by atoms with Gasteiger partial charge in [-0.05, 0) is 101 Å². The zero-order chi connectivity index (χ0) is 49.7. The molecule has 360 valence electrons. The Morgan fingerprint density at radius 3 is 1.59 bits per heavy atom. The molecule has 0 aliphatic carbocycles. The van der Waals surface area contributed by atoms with E-state index in [2.05, 4.69) is 20.8 Å². The number of amides is 5. The van der Waals surface area contributed by atoms with E-state index in [0.29, 0.717) is 31.2 Å². The molecule has 4 aromatic carbocycles. The minimum atomic E-state index is -0.945. The molecule has 5 aromatic rings. The summed E-state index contributed by atoms with van der Waals surface area (Å²) in [4.78, 5) is 67.8. The van der Waals surface area contributed by atoms with Gasteiger partial charge in [0.2, 0.25) is 0 Å². The first-order chi connectivity index (χ1) is 32.0. The van der Waals surface area contributed by atoms with Gasteiger partial charge >= 0.3 is 18.2 Å². The number of hydrogen-bond donors (Lipinski definition) is 5. The van der Waals surface area contributed by atoms with Crippen molar-refractivity contribution in [2.24, 2.45) is 5.84 Å². The summed E-state index contributed by atoms with van der Waals surface area (Å²) in [6.45, 7) is 10.6. The number of nitrogens with one attached hydrogen (secondary N) is 3. The van der Waals surface area contributed by atoms with Crippen molar-refractivity contribution in [2.45, 2.75) is 87.7 Å². The molecule has 3 heterocycles. The number of nitrogens with zero attached hydrogens (tertiary/aromatic N) is 4. The minimum absolute atomic E-state index is 0.000933. The Kier molecular flexibility index (Phi) is 16.2. The topological polar surface area (TPSA) is 237 Å². The van der Waals surface area contributed by atoms with Crippen molar-refractivity contribution in [1.82, 2.24) is 26.3 Å². The lowest BCUT2D eigenvalue weighted by atomic mass is 10.1.